The Balaban J connectivity index is 2.25. The number of unbranched alkanes of at least 4 members (excludes halogenated alkanes) is 5. The number of rotatable bonds is 9. The molecule has 0 aromatic carbocycles. The van der Waals surface area contributed by atoms with Crippen molar-refractivity contribution in [2.45, 2.75) is 45.4 Å². The number of nitrogens with zero attached hydrogens (tertiary/aromatic N) is 1. The molecule has 0 bridgehead atoms. The number of thiocarbonyl (C=S) groups is 1. The van der Waals surface area contributed by atoms with E-state index < -0.39 is 0 Å². The van der Waals surface area contributed by atoms with E-state index in [2.05, 4.69) is 17.2 Å². The molecule has 0 aliphatic rings. The van der Waals surface area contributed by atoms with E-state index in [1.165, 1.54) is 38.5 Å². The second-order valence-electron chi connectivity index (χ2n) is 4.46. The SMILES string of the molecule is CCCCCCCCNc1cccnc1C(N)=S. The topological polar surface area (TPSA) is 50.9 Å². The van der Waals surface area contributed by atoms with E-state index in [0.717, 1.165) is 12.2 Å². The Morgan fingerprint density at radius 2 is 2.00 bits per heavy atom. The summed E-state index contributed by atoms with van der Waals surface area (Å²) in [6.07, 6.45) is 9.48. The van der Waals surface area contributed by atoms with Crippen molar-refractivity contribution in [1.82, 2.24) is 4.98 Å². The van der Waals surface area contributed by atoms with Crippen LogP contribution in [0.4, 0.5) is 5.69 Å². The van der Waals surface area contributed by atoms with Crippen molar-refractivity contribution in [3.63, 3.8) is 0 Å². The number of nitrogens with two attached hydrogens (primary N) is 1. The number of nitrogens with one attached hydrogen (secondary N) is 1. The Morgan fingerprint density at radius 1 is 1.28 bits per heavy atom. The lowest BCUT2D eigenvalue weighted by atomic mass is 10.1. The van der Waals surface area contributed by atoms with E-state index in [-0.39, 0.29) is 0 Å². The molecule has 1 heterocycles. The molecule has 0 saturated carbocycles. The first kappa shape index (κ1) is 14.9. The van der Waals surface area contributed by atoms with Crippen LogP contribution in [0.3, 0.4) is 0 Å². The third-order valence-electron chi connectivity index (χ3n) is 2.89. The van der Waals surface area contributed by atoms with Gasteiger partial charge in [0, 0.05) is 12.7 Å². The molecule has 4 heteroatoms. The highest BCUT2D eigenvalue weighted by Crippen LogP contribution is 2.12. The molecular formula is C14H23N3S. The van der Waals surface area contributed by atoms with E-state index in [4.69, 9.17) is 18.0 Å². The zero-order chi connectivity index (χ0) is 13.2. The van der Waals surface area contributed by atoms with Crippen LogP contribution in [-0.4, -0.2) is 16.5 Å². The number of anilines is 1. The first-order valence-electron chi connectivity index (χ1n) is 6.74. The van der Waals surface area contributed by atoms with Gasteiger partial charge in [0.15, 0.2) is 0 Å². The zero-order valence-electron chi connectivity index (χ0n) is 11.1. The smallest absolute Gasteiger partial charge is 0.124 e. The van der Waals surface area contributed by atoms with Gasteiger partial charge in [0.1, 0.15) is 10.7 Å². The molecule has 1 aromatic heterocycles. The van der Waals surface area contributed by atoms with Crippen molar-refractivity contribution in [1.29, 1.82) is 0 Å². The fourth-order valence-electron chi connectivity index (χ4n) is 1.87. The van der Waals surface area contributed by atoms with Crippen molar-refractivity contribution in [3.8, 4) is 0 Å². The molecule has 0 aliphatic heterocycles. The van der Waals surface area contributed by atoms with Gasteiger partial charge >= 0.3 is 0 Å². The number of pyridine rings is 1. The first-order valence-corrected chi connectivity index (χ1v) is 7.15. The minimum Gasteiger partial charge on any atom is -0.388 e. The Bertz CT molecular complexity index is 366. The summed E-state index contributed by atoms with van der Waals surface area (Å²) in [5, 5.41) is 3.36. The van der Waals surface area contributed by atoms with Crippen LogP contribution in [0.1, 0.15) is 51.1 Å². The van der Waals surface area contributed by atoms with Crippen LogP contribution in [0, 0.1) is 0 Å². The van der Waals surface area contributed by atoms with E-state index in [9.17, 15) is 0 Å². The Hall–Kier alpha value is -1.16. The van der Waals surface area contributed by atoms with E-state index in [1.54, 1.807) is 6.20 Å². The van der Waals surface area contributed by atoms with Crippen LogP contribution >= 0.6 is 12.2 Å². The van der Waals surface area contributed by atoms with Gasteiger partial charge in [-0.1, -0.05) is 51.2 Å². The maximum atomic E-state index is 5.63. The van der Waals surface area contributed by atoms with E-state index in [1.807, 2.05) is 12.1 Å². The molecule has 0 amide bonds. The van der Waals surface area contributed by atoms with Gasteiger partial charge in [-0.15, -0.1) is 0 Å². The van der Waals surface area contributed by atoms with Gasteiger partial charge in [0.25, 0.3) is 0 Å². The lowest BCUT2D eigenvalue weighted by Crippen LogP contribution is -2.15. The van der Waals surface area contributed by atoms with Gasteiger partial charge in [0.05, 0.1) is 5.69 Å². The lowest BCUT2D eigenvalue weighted by Gasteiger charge is -2.09. The molecule has 3 nitrogen and oxygen atoms in total. The van der Waals surface area contributed by atoms with Crippen molar-refractivity contribution in [3.05, 3.63) is 24.0 Å². The number of hydrogen-bond acceptors (Lipinski definition) is 3. The molecule has 0 aliphatic carbocycles. The second-order valence-corrected chi connectivity index (χ2v) is 4.90. The summed E-state index contributed by atoms with van der Waals surface area (Å²) in [5.41, 5.74) is 7.26. The summed E-state index contributed by atoms with van der Waals surface area (Å²) >= 11 is 4.97. The summed E-state index contributed by atoms with van der Waals surface area (Å²) in [5.74, 6) is 0. The third kappa shape index (κ3) is 5.45. The third-order valence-corrected chi connectivity index (χ3v) is 3.08. The molecule has 1 rings (SSSR count). The fourth-order valence-corrected chi connectivity index (χ4v) is 2.04. The largest absolute Gasteiger partial charge is 0.388 e. The molecule has 0 fully saturated rings. The Labute approximate surface area is 115 Å². The first-order chi connectivity index (χ1) is 8.75. The van der Waals surface area contributed by atoms with Crippen LogP contribution in [0.25, 0.3) is 0 Å². The molecule has 18 heavy (non-hydrogen) atoms. The van der Waals surface area contributed by atoms with E-state index >= 15 is 0 Å². The Morgan fingerprint density at radius 3 is 2.72 bits per heavy atom. The van der Waals surface area contributed by atoms with Crippen LogP contribution in [-0.2, 0) is 0 Å². The van der Waals surface area contributed by atoms with Gasteiger partial charge in [0.2, 0.25) is 0 Å². The molecule has 0 spiro atoms. The molecule has 0 radical (unpaired) electrons. The monoisotopic (exact) mass is 265 g/mol. The molecule has 0 saturated heterocycles. The highest BCUT2D eigenvalue weighted by atomic mass is 32.1. The van der Waals surface area contributed by atoms with Crippen LogP contribution in [0.5, 0.6) is 0 Å². The van der Waals surface area contributed by atoms with Gasteiger partial charge in [-0.3, -0.25) is 4.98 Å². The quantitative estimate of drug-likeness (QED) is 0.530. The van der Waals surface area contributed by atoms with Crippen molar-refractivity contribution >= 4 is 22.9 Å². The number of hydrogen-bond donors (Lipinski definition) is 2. The standard InChI is InChI=1S/C14H23N3S/c1-2-3-4-5-6-7-10-16-12-9-8-11-17-13(12)14(15)18/h8-9,11,16H,2-7,10H2,1H3,(H2,15,18). The lowest BCUT2D eigenvalue weighted by molar-refractivity contribution is 0.617. The van der Waals surface area contributed by atoms with Gasteiger partial charge in [-0.05, 0) is 18.6 Å². The summed E-state index contributed by atoms with van der Waals surface area (Å²) in [6.45, 7) is 3.19. The summed E-state index contributed by atoms with van der Waals surface area (Å²) in [4.78, 5) is 4.54. The summed E-state index contributed by atoms with van der Waals surface area (Å²) < 4.78 is 0. The normalized spacial score (nSPS) is 10.3. The van der Waals surface area contributed by atoms with Crippen LogP contribution in [0.2, 0.25) is 0 Å². The number of aromatic nitrogens is 1. The highest BCUT2D eigenvalue weighted by Gasteiger charge is 2.04. The van der Waals surface area contributed by atoms with Crippen molar-refractivity contribution in [2.24, 2.45) is 5.73 Å². The predicted molar refractivity (Wildman–Crippen MR) is 82.0 cm³/mol. The van der Waals surface area contributed by atoms with Crippen LogP contribution in [0.15, 0.2) is 18.3 Å². The van der Waals surface area contributed by atoms with Gasteiger partial charge in [-0.2, -0.15) is 0 Å². The second kappa shape index (κ2) is 8.86. The predicted octanol–water partition coefficient (Wildman–Crippen LogP) is 3.49. The van der Waals surface area contributed by atoms with Gasteiger partial charge < -0.3 is 11.1 Å². The molecule has 0 atom stereocenters. The molecule has 0 unspecified atom stereocenters. The summed E-state index contributed by atoms with van der Waals surface area (Å²) in [7, 11) is 0. The average molecular weight is 265 g/mol. The Kier molecular flexibility index (Phi) is 7.34. The van der Waals surface area contributed by atoms with Crippen molar-refractivity contribution in [2.75, 3.05) is 11.9 Å². The summed E-state index contributed by atoms with van der Waals surface area (Å²) in [6, 6.07) is 3.87. The van der Waals surface area contributed by atoms with Crippen molar-refractivity contribution < 1.29 is 0 Å². The minimum atomic E-state index is 0.348. The average Bonchev–Trinajstić information content (AvgIpc) is 2.38. The maximum Gasteiger partial charge on any atom is 0.124 e. The highest BCUT2D eigenvalue weighted by molar-refractivity contribution is 7.80. The zero-order valence-corrected chi connectivity index (χ0v) is 11.9. The fraction of sp³-hybridized carbons (Fsp3) is 0.571. The maximum absolute atomic E-state index is 5.63. The molecular weight excluding hydrogens is 242 g/mol. The minimum absolute atomic E-state index is 0.348. The molecule has 3 N–H and O–H groups in total. The van der Waals surface area contributed by atoms with Crippen LogP contribution < -0.4 is 11.1 Å². The molecule has 1 aromatic rings. The van der Waals surface area contributed by atoms with Gasteiger partial charge in [-0.25, -0.2) is 0 Å². The van der Waals surface area contributed by atoms with E-state index in [0.29, 0.717) is 10.7 Å². The molecule has 100 valence electrons.